The van der Waals surface area contributed by atoms with Crippen molar-refractivity contribution in [1.29, 1.82) is 0 Å². The molecule has 9 nitrogen and oxygen atoms in total. The van der Waals surface area contributed by atoms with E-state index >= 15 is 0 Å². The molecule has 0 unspecified atom stereocenters. The fourth-order valence-electron chi connectivity index (χ4n) is 4.05. The van der Waals surface area contributed by atoms with Crippen molar-refractivity contribution < 1.29 is 9.53 Å². The Labute approximate surface area is 180 Å². The maximum Gasteiger partial charge on any atom is 0.240 e. The van der Waals surface area contributed by atoms with E-state index in [4.69, 9.17) is 9.72 Å². The van der Waals surface area contributed by atoms with E-state index in [9.17, 15) is 4.79 Å². The van der Waals surface area contributed by atoms with Gasteiger partial charge in [0.2, 0.25) is 17.0 Å². The lowest BCUT2D eigenvalue weighted by molar-refractivity contribution is -0.122. The molecular weight excluding hydrogens is 402 g/mol. The molecule has 1 N–H and O–H groups in total. The van der Waals surface area contributed by atoms with Crippen LogP contribution in [0.2, 0.25) is 0 Å². The zero-order valence-corrected chi connectivity index (χ0v) is 18.7. The lowest BCUT2D eigenvalue weighted by Gasteiger charge is -2.44. The van der Waals surface area contributed by atoms with Gasteiger partial charge in [-0.2, -0.15) is 0 Å². The van der Waals surface area contributed by atoms with Gasteiger partial charge in [0.25, 0.3) is 0 Å². The van der Waals surface area contributed by atoms with Crippen LogP contribution in [-0.4, -0.2) is 71.3 Å². The number of aryl methyl sites for hydroxylation is 1. The molecule has 0 atom stereocenters. The molecule has 2 aromatic rings. The van der Waals surface area contributed by atoms with Crippen molar-refractivity contribution in [2.24, 2.45) is 0 Å². The van der Waals surface area contributed by atoms with Crippen LogP contribution in [0.1, 0.15) is 42.5 Å². The molecule has 2 aliphatic heterocycles. The number of carbonyl (C=O) groups is 1. The second-order valence-corrected chi connectivity index (χ2v) is 9.17. The van der Waals surface area contributed by atoms with Crippen LogP contribution < -0.4 is 10.2 Å². The maximum absolute atomic E-state index is 12.5. The van der Waals surface area contributed by atoms with Crippen LogP contribution in [-0.2, 0) is 28.0 Å². The zero-order chi connectivity index (χ0) is 21.1. The number of rotatable bonds is 6. The molecule has 2 aliphatic rings. The maximum atomic E-state index is 12.5. The average molecular weight is 432 g/mol. The third kappa shape index (κ3) is 4.45. The van der Waals surface area contributed by atoms with Gasteiger partial charge in [-0.1, -0.05) is 18.3 Å². The van der Waals surface area contributed by atoms with Crippen molar-refractivity contribution in [3.05, 3.63) is 22.5 Å². The Balaban J connectivity index is 1.37. The second-order valence-electron chi connectivity index (χ2n) is 8.11. The summed E-state index contributed by atoms with van der Waals surface area (Å²) in [6, 6.07) is 0. The van der Waals surface area contributed by atoms with Gasteiger partial charge < -0.3 is 9.64 Å². The van der Waals surface area contributed by atoms with E-state index in [0.29, 0.717) is 24.2 Å². The third-order valence-electron chi connectivity index (χ3n) is 5.64. The number of piperidine rings is 1. The van der Waals surface area contributed by atoms with E-state index in [2.05, 4.69) is 32.3 Å². The monoisotopic (exact) mass is 431 g/mol. The molecule has 162 valence electrons. The van der Waals surface area contributed by atoms with E-state index in [1.54, 1.807) is 0 Å². The van der Waals surface area contributed by atoms with Gasteiger partial charge in [0.1, 0.15) is 10.6 Å². The van der Waals surface area contributed by atoms with Crippen molar-refractivity contribution in [3.63, 3.8) is 0 Å². The number of hydrogen-bond donors (Lipinski definition) is 1. The number of ether oxygens (including phenoxy) is 1. The Kier molecular flexibility index (Phi) is 6.26. The summed E-state index contributed by atoms with van der Waals surface area (Å²) in [6.07, 6.45) is 6.33. The van der Waals surface area contributed by atoms with Crippen LogP contribution in [0.25, 0.3) is 0 Å². The number of nitrogens with zero attached hydrogens (tertiary/aromatic N) is 6. The Morgan fingerprint density at radius 3 is 2.87 bits per heavy atom. The van der Waals surface area contributed by atoms with Crippen molar-refractivity contribution in [2.75, 3.05) is 50.6 Å². The van der Waals surface area contributed by atoms with Crippen LogP contribution in [0, 0.1) is 0 Å². The summed E-state index contributed by atoms with van der Waals surface area (Å²) in [5, 5.41) is 12.6. The number of likely N-dealkylation sites (tertiary alicyclic amines) is 1. The molecule has 1 spiro atoms. The first-order chi connectivity index (χ1) is 14.5. The summed E-state index contributed by atoms with van der Waals surface area (Å²) in [4.78, 5) is 25.8. The first kappa shape index (κ1) is 21.1. The summed E-state index contributed by atoms with van der Waals surface area (Å²) < 4.78 is 6.29. The summed E-state index contributed by atoms with van der Waals surface area (Å²) in [6.45, 7) is 4.70. The van der Waals surface area contributed by atoms with Gasteiger partial charge in [-0.3, -0.25) is 15.0 Å². The highest BCUT2D eigenvalue weighted by molar-refractivity contribution is 7.15. The number of amides is 1. The molecule has 1 saturated heterocycles. The minimum atomic E-state index is -0.372. The highest BCUT2D eigenvalue weighted by Gasteiger charge is 2.42. The smallest absolute Gasteiger partial charge is 0.240 e. The summed E-state index contributed by atoms with van der Waals surface area (Å²) in [5.41, 5.74) is 1.83. The third-order valence-corrected chi connectivity index (χ3v) is 6.54. The minimum Gasteiger partial charge on any atom is -0.368 e. The minimum absolute atomic E-state index is 0.0488. The van der Waals surface area contributed by atoms with Crippen LogP contribution in [0.4, 0.5) is 11.1 Å². The number of anilines is 2. The van der Waals surface area contributed by atoms with Gasteiger partial charge >= 0.3 is 0 Å². The summed E-state index contributed by atoms with van der Waals surface area (Å²) in [7, 11) is 3.89. The average Bonchev–Trinajstić information content (AvgIpc) is 3.17. The van der Waals surface area contributed by atoms with Crippen LogP contribution in [0.3, 0.4) is 0 Å². The first-order valence-electron chi connectivity index (χ1n) is 10.5. The van der Waals surface area contributed by atoms with E-state index in [-0.39, 0.29) is 11.5 Å². The molecule has 2 aromatic heterocycles. The van der Waals surface area contributed by atoms with Crippen molar-refractivity contribution >= 4 is 28.3 Å². The van der Waals surface area contributed by atoms with Crippen molar-refractivity contribution in [1.82, 2.24) is 25.1 Å². The molecule has 10 heteroatoms. The van der Waals surface area contributed by atoms with E-state index in [1.807, 2.05) is 25.2 Å². The highest BCUT2D eigenvalue weighted by Crippen LogP contribution is 2.40. The zero-order valence-electron chi connectivity index (χ0n) is 17.8. The topological polar surface area (TPSA) is 96.4 Å². The quantitative estimate of drug-likeness (QED) is 0.740. The molecule has 0 bridgehead atoms. The summed E-state index contributed by atoms with van der Waals surface area (Å²) >= 11 is 1.45. The SMILES string of the molecule is CCCc1nnc(NC(=O)CN2CCC3(CC2)OCCc2cnc(N(C)C)nc23)s1. The standard InChI is InChI=1S/C20H29N7O2S/c1-4-5-16-24-25-19(30-16)22-15(28)13-27-9-7-20(8-10-27)17-14(6-11-29-20)12-21-18(23-17)26(2)3/h12H,4-11,13H2,1-3H3,(H,22,25,28). The fourth-order valence-corrected chi connectivity index (χ4v) is 4.91. The normalized spacial score (nSPS) is 18.2. The predicted octanol–water partition coefficient (Wildman–Crippen LogP) is 1.85. The lowest BCUT2D eigenvalue weighted by Crippen LogP contribution is -2.49. The van der Waals surface area contributed by atoms with E-state index in [0.717, 1.165) is 55.9 Å². The van der Waals surface area contributed by atoms with Crippen LogP contribution >= 0.6 is 11.3 Å². The van der Waals surface area contributed by atoms with Gasteiger partial charge in [-0.15, -0.1) is 10.2 Å². The van der Waals surface area contributed by atoms with E-state index < -0.39 is 0 Å². The van der Waals surface area contributed by atoms with Crippen molar-refractivity contribution in [3.8, 4) is 0 Å². The molecule has 4 heterocycles. The first-order valence-corrected chi connectivity index (χ1v) is 11.3. The molecule has 0 saturated carbocycles. The Hall–Kier alpha value is -2.17. The molecule has 30 heavy (non-hydrogen) atoms. The highest BCUT2D eigenvalue weighted by atomic mass is 32.1. The van der Waals surface area contributed by atoms with Crippen molar-refractivity contribution in [2.45, 2.75) is 44.6 Å². The fraction of sp³-hybridized carbons (Fsp3) is 0.650. The number of nitrogens with one attached hydrogen (secondary N) is 1. The molecular formula is C20H29N7O2S. The molecule has 0 aliphatic carbocycles. The van der Waals surface area contributed by atoms with Crippen LogP contribution in [0.15, 0.2) is 6.20 Å². The largest absolute Gasteiger partial charge is 0.368 e. The van der Waals surface area contributed by atoms with Gasteiger partial charge in [0.15, 0.2) is 0 Å². The Bertz CT molecular complexity index is 893. The lowest BCUT2D eigenvalue weighted by atomic mass is 9.83. The molecule has 4 rings (SSSR count). The number of carbonyl (C=O) groups excluding carboxylic acids is 1. The predicted molar refractivity (Wildman–Crippen MR) is 116 cm³/mol. The number of hydrogen-bond acceptors (Lipinski definition) is 9. The molecule has 1 amide bonds. The number of aromatic nitrogens is 4. The van der Waals surface area contributed by atoms with Gasteiger partial charge in [0, 0.05) is 39.8 Å². The summed E-state index contributed by atoms with van der Waals surface area (Å²) in [5.74, 6) is 0.660. The van der Waals surface area contributed by atoms with Gasteiger partial charge in [-0.05, 0) is 31.2 Å². The Morgan fingerprint density at radius 2 is 2.13 bits per heavy atom. The van der Waals surface area contributed by atoms with Crippen LogP contribution in [0.5, 0.6) is 0 Å². The molecule has 1 fully saturated rings. The van der Waals surface area contributed by atoms with Gasteiger partial charge in [0.05, 0.1) is 18.8 Å². The van der Waals surface area contributed by atoms with E-state index in [1.165, 1.54) is 16.9 Å². The molecule has 0 radical (unpaired) electrons. The second kappa shape index (κ2) is 8.91. The number of fused-ring (bicyclic) bond motifs is 2. The Morgan fingerprint density at radius 1 is 1.33 bits per heavy atom. The van der Waals surface area contributed by atoms with Gasteiger partial charge in [-0.25, -0.2) is 9.97 Å². The molecule has 0 aromatic carbocycles.